The van der Waals surface area contributed by atoms with E-state index in [1.54, 1.807) is 7.11 Å². The molecule has 0 aromatic carbocycles. The summed E-state index contributed by atoms with van der Waals surface area (Å²) in [4.78, 5) is 2.65. The van der Waals surface area contributed by atoms with Crippen molar-refractivity contribution in [3.63, 3.8) is 0 Å². The zero-order valence-corrected chi connectivity index (χ0v) is 11.2. The molecule has 0 atom stereocenters. The van der Waals surface area contributed by atoms with Crippen molar-refractivity contribution in [2.75, 3.05) is 39.9 Å². The largest absolute Gasteiger partial charge is 0.383 e. The molecule has 0 unspecified atom stereocenters. The highest BCUT2D eigenvalue weighted by atomic mass is 16.5. The first kappa shape index (κ1) is 12.2. The van der Waals surface area contributed by atoms with E-state index in [1.807, 2.05) is 0 Å². The Balaban J connectivity index is 1.91. The Morgan fingerprint density at radius 2 is 2.17 bits per heavy atom. The minimum atomic E-state index is 0.242. The number of hydrogen-bond acceptors (Lipinski definition) is 3. The Bertz CT molecular complexity index is 395. The smallest absolute Gasteiger partial charge is 0.0639 e. The van der Waals surface area contributed by atoms with Gasteiger partial charge in [-0.05, 0) is 38.1 Å². The van der Waals surface area contributed by atoms with E-state index in [0.717, 1.165) is 39.3 Å². The molecule has 2 aliphatic rings. The maximum atomic E-state index is 5.28. The summed E-state index contributed by atoms with van der Waals surface area (Å²) < 4.78 is 7.72. The molecular formula is C14H23N3O. The van der Waals surface area contributed by atoms with E-state index >= 15 is 0 Å². The monoisotopic (exact) mass is 249 g/mol. The van der Waals surface area contributed by atoms with Crippen LogP contribution in [0.15, 0.2) is 18.3 Å². The summed E-state index contributed by atoms with van der Waals surface area (Å²) in [7, 11) is 1.79. The predicted octanol–water partition coefficient (Wildman–Crippen LogP) is 1.03. The summed E-state index contributed by atoms with van der Waals surface area (Å²) in [6.45, 7) is 6.37. The molecule has 18 heavy (non-hydrogen) atoms. The van der Waals surface area contributed by atoms with E-state index in [9.17, 15) is 0 Å². The van der Waals surface area contributed by atoms with Crippen LogP contribution in [-0.4, -0.2) is 49.4 Å². The molecule has 2 aliphatic heterocycles. The molecule has 0 bridgehead atoms. The summed E-state index contributed by atoms with van der Waals surface area (Å²) in [5, 5.41) is 3.49. The van der Waals surface area contributed by atoms with Crippen molar-refractivity contribution >= 4 is 0 Å². The van der Waals surface area contributed by atoms with Crippen LogP contribution in [0.5, 0.6) is 0 Å². The first-order chi connectivity index (χ1) is 8.87. The van der Waals surface area contributed by atoms with Gasteiger partial charge in [-0.15, -0.1) is 0 Å². The minimum Gasteiger partial charge on any atom is -0.383 e. The number of piperidine rings is 1. The van der Waals surface area contributed by atoms with E-state index < -0.39 is 0 Å². The molecule has 3 heterocycles. The standard InChI is InChI=1S/C14H23N3O/c1-18-12-11-17-10-9-16-8-2-3-13(16)14(17)4-6-15-7-5-14/h2-3,8,15H,4-7,9-12H2,1H3. The number of nitrogens with one attached hydrogen (secondary N) is 1. The second-order valence-corrected chi connectivity index (χ2v) is 5.35. The Labute approximate surface area is 109 Å². The number of hydrogen-bond donors (Lipinski definition) is 1. The first-order valence-corrected chi connectivity index (χ1v) is 6.97. The minimum absolute atomic E-state index is 0.242. The van der Waals surface area contributed by atoms with Gasteiger partial charge in [-0.2, -0.15) is 0 Å². The molecule has 1 saturated heterocycles. The van der Waals surface area contributed by atoms with Crippen molar-refractivity contribution in [2.24, 2.45) is 0 Å². The van der Waals surface area contributed by atoms with Crippen LogP contribution in [0.25, 0.3) is 0 Å². The highest BCUT2D eigenvalue weighted by Gasteiger charge is 2.43. The Morgan fingerprint density at radius 3 is 2.94 bits per heavy atom. The molecule has 1 aromatic rings. The molecule has 0 saturated carbocycles. The third-order valence-corrected chi connectivity index (χ3v) is 4.52. The van der Waals surface area contributed by atoms with Gasteiger partial charge < -0.3 is 14.6 Å². The fourth-order valence-electron chi connectivity index (χ4n) is 3.58. The average Bonchev–Trinajstić information content (AvgIpc) is 2.89. The van der Waals surface area contributed by atoms with Crippen LogP contribution in [0, 0.1) is 0 Å². The number of methoxy groups -OCH3 is 1. The van der Waals surface area contributed by atoms with E-state index in [2.05, 4.69) is 33.1 Å². The van der Waals surface area contributed by atoms with Crippen molar-refractivity contribution < 1.29 is 4.74 Å². The Morgan fingerprint density at radius 1 is 1.33 bits per heavy atom. The third kappa shape index (κ3) is 1.88. The van der Waals surface area contributed by atoms with Gasteiger partial charge in [-0.3, -0.25) is 4.90 Å². The van der Waals surface area contributed by atoms with Gasteiger partial charge in [0.2, 0.25) is 0 Å². The van der Waals surface area contributed by atoms with Gasteiger partial charge in [0.05, 0.1) is 12.1 Å². The van der Waals surface area contributed by atoms with Crippen LogP contribution in [0.3, 0.4) is 0 Å². The van der Waals surface area contributed by atoms with Crippen molar-refractivity contribution in [1.82, 2.24) is 14.8 Å². The molecule has 100 valence electrons. The molecule has 4 heteroatoms. The second-order valence-electron chi connectivity index (χ2n) is 5.35. The molecule has 1 fully saturated rings. The highest BCUT2D eigenvalue weighted by Crippen LogP contribution is 2.39. The van der Waals surface area contributed by atoms with Gasteiger partial charge in [0.1, 0.15) is 0 Å². The third-order valence-electron chi connectivity index (χ3n) is 4.52. The number of fused-ring (bicyclic) bond motifs is 2. The van der Waals surface area contributed by atoms with Crippen LogP contribution < -0.4 is 5.32 Å². The Kier molecular flexibility index (Phi) is 3.41. The fourth-order valence-corrected chi connectivity index (χ4v) is 3.58. The summed E-state index contributed by atoms with van der Waals surface area (Å²) in [5.41, 5.74) is 1.75. The summed E-state index contributed by atoms with van der Waals surface area (Å²) in [6.07, 6.45) is 4.65. The molecule has 0 radical (unpaired) electrons. The van der Waals surface area contributed by atoms with Crippen LogP contribution in [-0.2, 0) is 16.8 Å². The van der Waals surface area contributed by atoms with Gasteiger partial charge in [0.15, 0.2) is 0 Å². The van der Waals surface area contributed by atoms with Gasteiger partial charge in [0, 0.05) is 38.6 Å². The SMILES string of the molecule is COCCN1CCn2cccc2C12CCNCC2. The van der Waals surface area contributed by atoms with E-state index in [0.29, 0.717) is 0 Å². The van der Waals surface area contributed by atoms with E-state index in [4.69, 9.17) is 4.74 Å². The summed E-state index contributed by atoms with van der Waals surface area (Å²) >= 11 is 0. The zero-order chi connectivity index (χ0) is 12.4. The average molecular weight is 249 g/mol. The van der Waals surface area contributed by atoms with Crippen molar-refractivity contribution in [2.45, 2.75) is 24.9 Å². The first-order valence-electron chi connectivity index (χ1n) is 6.97. The molecule has 0 aliphatic carbocycles. The number of nitrogens with zero attached hydrogens (tertiary/aromatic N) is 2. The van der Waals surface area contributed by atoms with E-state index in [1.165, 1.54) is 18.5 Å². The molecule has 1 N–H and O–H groups in total. The summed E-state index contributed by atoms with van der Waals surface area (Å²) in [5.74, 6) is 0. The van der Waals surface area contributed by atoms with Gasteiger partial charge >= 0.3 is 0 Å². The molecule has 1 aromatic heterocycles. The van der Waals surface area contributed by atoms with Crippen LogP contribution in [0.2, 0.25) is 0 Å². The van der Waals surface area contributed by atoms with Crippen molar-refractivity contribution in [3.8, 4) is 0 Å². The predicted molar refractivity (Wildman–Crippen MR) is 71.7 cm³/mol. The molecule has 4 nitrogen and oxygen atoms in total. The van der Waals surface area contributed by atoms with Gasteiger partial charge in [-0.1, -0.05) is 0 Å². The Hall–Kier alpha value is -0.840. The lowest BCUT2D eigenvalue weighted by molar-refractivity contribution is 0.00556. The van der Waals surface area contributed by atoms with Crippen LogP contribution in [0.1, 0.15) is 18.5 Å². The summed E-state index contributed by atoms with van der Waals surface area (Å²) in [6, 6.07) is 4.50. The topological polar surface area (TPSA) is 29.4 Å². The maximum absolute atomic E-state index is 5.28. The molecular weight excluding hydrogens is 226 g/mol. The van der Waals surface area contributed by atoms with Gasteiger partial charge in [0.25, 0.3) is 0 Å². The second kappa shape index (κ2) is 5.03. The quantitative estimate of drug-likeness (QED) is 0.867. The van der Waals surface area contributed by atoms with Crippen molar-refractivity contribution in [3.05, 3.63) is 24.0 Å². The van der Waals surface area contributed by atoms with Gasteiger partial charge in [-0.25, -0.2) is 0 Å². The zero-order valence-electron chi connectivity index (χ0n) is 11.2. The number of aromatic nitrogens is 1. The molecule has 0 amide bonds. The maximum Gasteiger partial charge on any atom is 0.0639 e. The van der Waals surface area contributed by atoms with Crippen molar-refractivity contribution in [1.29, 1.82) is 0 Å². The lowest BCUT2D eigenvalue weighted by Crippen LogP contribution is -2.57. The lowest BCUT2D eigenvalue weighted by atomic mass is 9.82. The van der Waals surface area contributed by atoms with E-state index in [-0.39, 0.29) is 5.54 Å². The normalized spacial score (nSPS) is 23.2. The van der Waals surface area contributed by atoms with Crippen LogP contribution in [0.4, 0.5) is 0 Å². The molecule has 1 spiro atoms. The lowest BCUT2D eigenvalue weighted by Gasteiger charge is -2.50. The number of ether oxygens (including phenoxy) is 1. The highest BCUT2D eigenvalue weighted by molar-refractivity contribution is 5.22. The fraction of sp³-hybridized carbons (Fsp3) is 0.714. The van der Waals surface area contributed by atoms with Crippen LogP contribution >= 0.6 is 0 Å². The number of rotatable bonds is 3. The molecule has 3 rings (SSSR count).